The summed E-state index contributed by atoms with van der Waals surface area (Å²) < 4.78 is 7.42. The minimum atomic E-state index is 0.632. The molecule has 1 heterocycles. The molecule has 0 amide bonds. The van der Waals surface area contributed by atoms with Crippen molar-refractivity contribution < 1.29 is 4.74 Å². The van der Waals surface area contributed by atoms with E-state index in [1.54, 1.807) is 6.20 Å². The number of ether oxygens (including phenoxy) is 1. The van der Waals surface area contributed by atoms with Gasteiger partial charge in [0, 0.05) is 32.2 Å². The van der Waals surface area contributed by atoms with Gasteiger partial charge in [0.05, 0.1) is 6.54 Å². The highest BCUT2D eigenvalue weighted by molar-refractivity contribution is 4.77. The van der Waals surface area contributed by atoms with Gasteiger partial charge in [0.15, 0.2) is 0 Å². The normalized spacial score (nSPS) is 11.2. The quantitative estimate of drug-likeness (QED) is 0.648. The number of hydrogen-bond acceptors (Lipinski definition) is 3. The van der Waals surface area contributed by atoms with Crippen LogP contribution in [-0.2, 0) is 11.3 Å². The fraction of sp³-hybridized carbons (Fsp3) is 0.750. The van der Waals surface area contributed by atoms with Gasteiger partial charge in [0.25, 0.3) is 0 Å². The van der Waals surface area contributed by atoms with Crippen molar-refractivity contribution >= 4 is 0 Å². The summed E-state index contributed by atoms with van der Waals surface area (Å²) in [6.07, 6.45) is 4.86. The molecule has 0 aliphatic rings. The summed E-state index contributed by atoms with van der Waals surface area (Å²) in [5, 5.41) is 7.51. The van der Waals surface area contributed by atoms with Gasteiger partial charge in [0.2, 0.25) is 0 Å². The zero-order chi connectivity index (χ0) is 11.6. The van der Waals surface area contributed by atoms with E-state index in [2.05, 4.69) is 24.3 Å². The van der Waals surface area contributed by atoms with Gasteiger partial charge in [-0.15, -0.1) is 0 Å². The van der Waals surface area contributed by atoms with Crippen molar-refractivity contribution in [2.45, 2.75) is 26.8 Å². The lowest BCUT2D eigenvalue weighted by Gasteiger charge is -2.07. The molecule has 1 N–H and O–H groups in total. The molecule has 4 nitrogen and oxygen atoms in total. The first-order valence-electron chi connectivity index (χ1n) is 6.05. The van der Waals surface area contributed by atoms with Crippen LogP contribution in [0.5, 0.6) is 0 Å². The Morgan fingerprint density at radius 2 is 2.25 bits per heavy atom. The Morgan fingerprint density at radius 3 is 2.94 bits per heavy atom. The van der Waals surface area contributed by atoms with Crippen molar-refractivity contribution in [2.75, 3.05) is 26.3 Å². The van der Waals surface area contributed by atoms with Gasteiger partial charge in [0.1, 0.15) is 0 Å². The maximum atomic E-state index is 5.49. The molecule has 0 bridgehead atoms. The molecule has 0 saturated carbocycles. The molecule has 0 aromatic carbocycles. The fourth-order valence-corrected chi connectivity index (χ4v) is 1.37. The second kappa shape index (κ2) is 8.30. The topological polar surface area (TPSA) is 39.1 Å². The minimum absolute atomic E-state index is 0.632. The second-order valence-electron chi connectivity index (χ2n) is 4.34. The van der Waals surface area contributed by atoms with E-state index >= 15 is 0 Å². The van der Waals surface area contributed by atoms with Crippen molar-refractivity contribution in [1.29, 1.82) is 0 Å². The lowest BCUT2D eigenvalue weighted by Crippen LogP contribution is -2.22. The highest BCUT2D eigenvalue weighted by atomic mass is 16.5. The van der Waals surface area contributed by atoms with Crippen LogP contribution < -0.4 is 5.32 Å². The summed E-state index contributed by atoms with van der Waals surface area (Å²) in [7, 11) is 0. The van der Waals surface area contributed by atoms with Crippen LogP contribution >= 0.6 is 0 Å². The predicted molar refractivity (Wildman–Crippen MR) is 65.4 cm³/mol. The Hall–Kier alpha value is -0.870. The number of rotatable bonds is 9. The third-order valence-electron chi connectivity index (χ3n) is 2.17. The van der Waals surface area contributed by atoms with Gasteiger partial charge in [-0.05, 0) is 24.9 Å². The summed E-state index contributed by atoms with van der Waals surface area (Å²) in [6.45, 7) is 8.97. The number of nitrogens with one attached hydrogen (secondary N) is 1. The van der Waals surface area contributed by atoms with Gasteiger partial charge < -0.3 is 10.1 Å². The molecular formula is C12H23N3O. The lowest BCUT2D eigenvalue weighted by molar-refractivity contribution is 0.108. The molecule has 92 valence electrons. The average Bonchev–Trinajstić information content (AvgIpc) is 2.74. The monoisotopic (exact) mass is 225 g/mol. The number of nitrogens with zero attached hydrogens (tertiary/aromatic N) is 2. The summed E-state index contributed by atoms with van der Waals surface area (Å²) in [5.74, 6) is 0.632. The molecule has 1 rings (SSSR count). The van der Waals surface area contributed by atoms with Gasteiger partial charge in [-0.3, -0.25) is 4.68 Å². The van der Waals surface area contributed by atoms with Crippen molar-refractivity contribution in [3.63, 3.8) is 0 Å². The second-order valence-corrected chi connectivity index (χ2v) is 4.34. The third-order valence-corrected chi connectivity index (χ3v) is 2.17. The molecule has 1 aromatic heterocycles. The van der Waals surface area contributed by atoms with Gasteiger partial charge in [-0.25, -0.2) is 0 Å². The van der Waals surface area contributed by atoms with Crippen LogP contribution in [0.2, 0.25) is 0 Å². The molecule has 0 radical (unpaired) electrons. The Kier molecular flexibility index (Phi) is 6.85. The number of aromatic nitrogens is 2. The first kappa shape index (κ1) is 13.2. The first-order valence-corrected chi connectivity index (χ1v) is 6.05. The Bertz CT molecular complexity index is 247. The fourth-order valence-electron chi connectivity index (χ4n) is 1.37. The van der Waals surface area contributed by atoms with Crippen molar-refractivity contribution in [3.05, 3.63) is 18.5 Å². The molecule has 0 atom stereocenters. The van der Waals surface area contributed by atoms with E-state index in [0.29, 0.717) is 5.92 Å². The summed E-state index contributed by atoms with van der Waals surface area (Å²) >= 11 is 0. The summed E-state index contributed by atoms with van der Waals surface area (Å²) in [4.78, 5) is 0. The minimum Gasteiger partial charge on any atom is -0.381 e. The zero-order valence-corrected chi connectivity index (χ0v) is 10.4. The maximum absolute atomic E-state index is 5.49. The van der Waals surface area contributed by atoms with E-state index < -0.39 is 0 Å². The molecule has 0 unspecified atom stereocenters. The van der Waals surface area contributed by atoms with Crippen molar-refractivity contribution in [1.82, 2.24) is 15.1 Å². The van der Waals surface area contributed by atoms with Gasteiger partial charge >= 0.3 is 0 Å². The third kappa shape index (κ3) is 6.58. The van der Waals surface area contributed by atoms with Crippen LogP contribution in [0.1, 0.15) is 20.3 Å². The molecule has 0 fully saturated rings. The van der Waals surface area contributed by atoms with E-state index in [1.807, 2.05) is 16.9 Å². The van der Waals surface area contributed by atoms with E-state index in [0.717, 1.165) is 39.3 Å². The first-order chi connectivity index (χ1) is 7.79. The smallest absolute Gasteiger partial charge is 0.0533 e. The molecule has 0 spiro atoms. The molecule has 16 heavy (non-hydrogen) atoms. The molecule has 4 heteroatoms. The van der Waals surface area contributed by atoms with E-state index in [4.69, 9.17) is 4.74 Å². The van der Waals surface area contributed by atoms with Crippen LogP contribution in [-0.4, -0.2) is 36.1 Å². The molecule has 0 aliphatic heterocycles. The Labute approximate surface area is 98.0 Å². The van der Waals surface area contributed by atoms with E-state index in [-0.39, 0.29) is 0 Å². The largest absolute Gasteiger partial charge is 0.381 e. The van der Waals surface area contributed by atoms with Crippen LogP contribution in [0.4, 0.5) is 0 Å². The summed E-state index contributed by atoms with van der Waals surface area (Å²) in [5.41, 5.74) is 0. The van der Waals surface area contributed by atoms with E-state index in [1.165, 1.54) is 0 Å². The van der Waals surface area contributed by atoms with E-state index in [9.17, 15) is 0 Å². The van der Waals surface area contributed by atoms with Crippen LogP contribution in [0.3, 0.4) is 0 Å². The number of hydrogen-bond donors (Lipinski definition) is 1. The Balaban J connectivity index is 1.82. The van der Waals surface area contributed by atoms with Crippen molar-refractivity contribution in [2.24, 2.45) is 5.92 Å². The molecule has 1 aromatic rings. The Morgan fingerprint density at radius 1 is 1.38 bits per heavy atom. The average molecular weight is 225 g/mol. The summed E-state index contributed by atoms with van der Waals surface area (Å²) in [6, 6.07) is 1.94. The van der Waals surface area contributed by atoms with Crippen LogP contribution in [0, 0.1) is 5.92 Å². The van der Waals surface area contributed by atoms with Crippen LogP contribution in [0.25, 0.3) is 0 Å². The predicted octanol–water partition coefficient (Wildman–Crippen LogP) is 1.54. The molecular weight excluding hydrogens is 202 g/mol. The highest BCUT2D eigenvalue weighted by Crippen LogP contribution is 1.92. The SMILES string of the molecule is CC(C)COCCCNCCn1cccn1. The van der Waals surface area contributed by atoms with Crippen molar-refractivity contribution in [3.8, 4) is 0 Å². The standard InChI is InChI=1S/C12H23N3O/c1-12(2)11-16-10-4-5-13-7-9-15-8-3-6-14-15/h3,6,8,12-13H,4-5,7,9-11H2,1-2H3. The maximum Gasteiger partial charge on any atom is 0.0533 e. The highest BCUT2D eigenvalue weighted by Gasteiger charge is 1.94. The van der Waals surface area contributed by atoms with Gasteiger partial charge in [-0.1, -0.05) is 13.8 Å². The lowest BCUT2D eigenvalue weighted by atomic mass is 10.2. The zero-order valence-electron chi connectivity index (χ0n) is 10.4. The van der Waals surface area contributed by atoms with Gasteiger partial charge in [-0.2, -0.15) is 5.10 Å². The molecule has 0 saturated heterocycles. The molecule has 0 aliphatic carbocycles. The van der Waals surface area contributed by atoms with Crippen LogP contribution in [0.15, 0.2) is 18.5 Å².